The predicted octanol–water partition coefficient (Wildman–Crippen LogP) is 3.38. The van der Waals surface area contributed by atoms with Crippen LogP contribution in [0.4, 0.5) is 13.2 Å². The zero-order valence-corrected chi connectivity index (χ0v) is 15.0. The quantitative estimate of drug-likeness (QED) is 0.620. The van der Waals surface area contributed by atoms with Crippen molar-refractivity contribution in [3.05, 3.63) is 42.5 Å². The van der Waals surface area contributed by atoms with Gasteiger partial charge in [-0.25, -0.2) is 0 Å². The maximum Gasteiger partial charge on any atom is 0.409 e. The SMILES string of the molecule is C[C@@H]1OC(=O)[C@@H](N)CCC[C@H](Oc2ccccc2)[C@H]1OCC=CC(F)(F)F. The van der Waals surface area contributed by atoms with Gasteiger partial charge in [-0.05, 0) is 38.3 Å². The summed E-state index contributed by atoms with van der Waals surface area (Å²) in [6, 6.07) is 8.27. The third-order valence-electron chi connectivity index (χ3n) is 4.16. The Morgan fingerprint density at radius 3 is 2.63 bits per heavy atom. The summed E-state index contributed by atoms with van der Waals surface area (Å²) in [4.78, 5) is 12.0. The maximum atomic E-state index is 12.3. The molecular formula is C19H24F3NO4. The number of alkyl halides is 3. The van der Waals surface area contributed by atoms with Crippen LogP contribution in [-0.4, -0.2) is 43.1 Å². The Kier molecular flexibility index (Phi) is 7.67. The van der Waals surface area contributed by atoms with Crippen molar-refractivity contribution in [2.24, 2.45) is 5.73 Å². The Labute approximate surface area is 156 Å². The summed E-state index contributed by atoms with van der Waals surface area (Å²) in [5.74, 6) is 0.0475. The normalized spacial score (nSPS) is 27.5. The summed E-state index contributed by atoms with van der Waals surface area (Å²) < 4.78 is 53.8. The highest BCUT2D eigenvalue weighted by atomic mass is 19.4. The van der Waals surface area contributed by atoms with Crippen molar-refractivity contribution < 1.29 is 32.2 Å². The van der Waals surface area contributed by atoms with Crippen molar-refractivity contribution in [1.82, 2.24) is 0 Å². The monoisotopic (exact) mass is 387 g/mol. The zero-order valence-electron chi connectivity index (χ0n) is 15.0. The number of allylic oxidation sites excluding steroid dienone is 1. The van der Waals surface area contributed by atoms with Crippen molar-refractivity contribution in [3.63, 3.8) is 0 Å². The largest absolute Gasteiger partial charge is 0.488 e. The van der Waals surface area contributed by atoms with Gasteiger partial charge in [0.05, 0.1) is 6.61 Å². The Bertz CT molecular complexity index is 621. The molecule has 0 aromatic heterocycles. The lowest BCUT2D eigenvalue weighted by Crippen LogP contribution is -2.44. The van der Waals surface area contributed by atoms with Gasteiger partial charge in [0, 0.05) is 6.08 Å². The minimum absolute atomic E-state index is 0.113. The molecule has 1 aliphatic rings. The van der Waals surface area contributed by atoms with Gasteiger partial charge in [-0.1, -0.05) is 24.3 Å². The highest BCUT2D eigenvalue weighted by Crippen LogP contribution is 2.24. The first-order valence-corrected chi connectivity index (χ1v) is 8.80. The van der Waals surface area contributed by atoms with Crippen LogP contribution in [0.5, 0.6) is 5.75 Å². The van der Waals surface area contributed by atoms with Gasteiger partial charge in [0.2, 0.25) is 0 Å². The van der Waals surface area contributed by atoms with Crippen molar-refractivity contribution in [1.29, 1.82) is 0 Å². The number of benzene rings is 1. The van der Waals surface area contributed by atoms with E-state index in [1.807, 2.05) is 18.2 Å². The molecule has 0 amide bonds. The van der Waals surface area contributed by atoms with E-state index in [2.05, 4.69) is 0 Å². The number of halogens is 3. The molecule has 5 nitrogen and oxygen atoms in total. The van der Waals surface area contributed by atoms with Gasteiger partial charge in [-0.15, -0.1) is 0 Å². The van der Waals surface area contributed by atoms with Crippen molar-refractivity contribution in [2.45, 2.75) is 56.7 Å². The molecule has 0 aliphatic carbocycles. The molecule has 0 saturated carbocycles. The molecule has 0 radical (unpaired) electrons. The molecule has 0 spiro atoms. The van der Waals surface area contributed by atoms with Gasteiger partial charge in [-0.3, -0.25) is 4.79 Å². The van der Waals surface area contributed by atoms with Crippen LogP contribution in [0, 0.1) is 0 Å². The summed E-state index contributed by atoms with van der Waals surface area (Å²) in [5, 5.41) is 0. The zero-order chi connectivity index (χ0) is 19.9. The third-order valence-corrected chi connectivity index (χ3v) is 4.16. The van der Waals surface area contributed by atoms with Crippen LogP contribution in [0.3, 0.4) is 0 Å². The van der Waals surface area contributed by atoms with Gasteiger partial charge >= 0.3 is 12.1 Å². The molecule has 1 aromatic rings. The summed E-state index contributed by atoms with van der Waals surface area (Å²) in [6.45, 7) is 1.34. The highest BCUT2D eigenvalue weighted by Gasteiger charge is 2.34. The highest BCUT2D eigenvalue weighted by molar-refractivity contribution is 5.75. The van der Waals surface area contributed by atoms with E-state index in [0.717, 1.165) is 6.08 Å². The van der Waals surface area contributed by atoms with Gasteiger partial charge in [-0.2, -0.15) is 13.2 Å². The molecule has 0 bridgehead atoms. The predicted molar refractivity (Wildman–Crippen MR) is 93.2 cm³/mol. The molecule has 150 valence electrons. The molecule has 27 heavy (non-hydrogen) atoms. The fraction of sp³-hybridized carbons (Fsp3) is 0.526. The molecule has 1 aromatic carbocycles. The lowest BCUT2D eigenvalue weighted by Gasteiger charge is -2.31. The first-order valence-electron chi connectivity index (χ1n) is 8.80. The molecule has 0 unspecified atom stereocenters. The fourth-order valence-electron chi connectivity index (χ4n) is 2.85. The third kappa shape index (κ3) is 7.22. The average molecular weight is 387 g/mol. The molecule has 8 heteroatoms. The van der Waals surface area contributed by atoms with Gasteiger partial charge in [0.1, 0.15) is 30.1 Å². The number of para-hydroxylation sites is 1. The molecule has 1 heterocycles. The summed E-state index contributed by atoms with van der Waals surface area (Å²) in [5.41, 5.74) is 5.80. The lowest BCUT2D eigenvalue weighted by atomic mass is 10.0. The second-order valence-corrected chi connectivity index (χ2v) is 6.39. The standard InChI is InChI=1S/C19H24F3NO4/c1-13-17(25-12-6-11-19(20,21)22)16(27-14-7-3-2-4-8-14)10-5-9-15(23)18(24)26-13/h2-4,6-8,11,13,15-17H,5,9-10,12,23H2,1H3/t13-,15-,16-,17-/m0/s1. The number of hydrogen-bond acceptors (Lipinski definition) is 5. The smallest absolute Gasteiger partial charge is 0.409 e. The molecule has 4 atom stereocenters. The first-order chi connectivity index (χ1) is 12.8. The number of nitrogens with two attached hydrogens (primary N) is 1. The van der Waals surface area contributed by atoms with E-state index in [-0.39, 0.29) is 12.7 Å². The number of carbonyl (C=O) groups excluding carboxylic acids is 1. The van der Waals surface area contributed by atoms with Crippen LogP contribution in [0.1, 0.15) is 26.2 Å². The molecular weight excluding hydrogens is 363 g/mol. The van der Waals surface area contributed by atoms with E-state index in [0.29, 0.717) is 25.0 Å². The Morgan fingerprint density at radius 2 is 1.96 bits per heavy atom. The first kappa shape index (κ1) is 21.2. The van der Waals surface area contributed by atoms with E-state index in [9.17, 15) is 18.0 Å². The number of carbonyl (C=O) groups is 1. The second-order valence-electron chi connectivity index (χ2n) is 6.39. The van der Waals surface area contributed by atoms with E-state index >= 15 is 0 Å². The van der Waals surface area contributed by atoms with Crippen LogP contribution in [-0.2, 0) is 14.3 Å². The Hall–Kier alpha value is -2.06. The number of ether oxygens (including phenoxy) is 3. The van der Waals surface area contributed by atoms with Crippen molar-refractivity contribution in [3.8, 4) is 5.75 Å². The minimum atomic E-state index is -4.41. The summed E-state index contributed by atoms with van der Waals surface area (Å²) >= 11 is 0. The number of cyclic esters (lactones) is 1. The summed E-state index contributed by atoms with van der Waals surface area (Å²) in [6.07, 6.45) is -3.83. The Balaban J connectivity index is 2.15. The van der Waals surface area contributed by atoms with Crippen LogP contribution in [0.15, 0.2) is 42.5 Å². The van der Waals surface area contributed by atoms with Crippen molar-refractivity contribution in [2.75, 3.05) is 6.61 Å². The van der Waals surface area contributed by atoms with Gasteiger partial charge in [0.25, 0.3) is 0 Å². The van der Waals surface area contributed by atoms with Crippen molar-refractivity contribution >= 4 is 5.97 Å². The topological polar surface area (TPSA) is 70.8 Å². The molecule has 2 N–H and O–H groups in total. The van der Waals surface area contributed by atoms with E-state index < -0.39 is 36.5 Å². The molecule has 1 fully saturated rings. The number of hydrogen-bond donors (Lipinski definition) is 1. The average Bonchev–Trinajstić information content (AvgIpc) is 2.64. The van der Waals surface area contributed by atoms with Crippen LogP contribution in [0.2, 0.25) is 0 Å². The number of rotatable bonds is 5. The molecule has 2 rings (SSSR count). The van der Waals surface area contributed by atoms with Gasteiger partial charge in [0.15, 0.2) is 0 Å². The van der Waals surface area contributed by atoms with Gasteiger partial charge < -0.3 is 19.9 Å². The lowest BCUT2D eigenvalue weighted by molar-refractivity contribution is -0.161. The van der Waals surface area contributed by atoms with Crippen LogP contribution >= 0.6 is 0 Å². The van der Waals surface area contributed by atoms with Crippen LogP contribution < -0.4 is 10.5 Å². The number of esters is 1. The van der Waals surface area contributed by atoms with E-state index in [4.69, 9.17) is 19.9 Å². The minimum Gasteiger partial charge on any atom is -0.488 e. The fourth-order valence-corrected chi connectivity index (χ4v) is 2.85. The Morgan fingerprint density at radius 1 is 1.26 bits per heavy atom. The van der Waals surface area contributed by atoms with E-state index in [1.165, 1.54) is 0 Å². The molecule has 1 aliphatic heterocycles. The summed E-state index contributed by atoms with van der Waals surface area (Å²) in [7, 11) is 0. The van der Waals surface area contributed by atoms with Crippen LogP contribution in [0.25, 0.3) is 0 Å². The van der Waals surface area contributed by atoms with E-state index in [1.54, 1.807) is 19.1 Å². The maximum absolute atomic E-state index is 12.3. The second kappa shape index (κ2) is 9.75. The molecule has 1 saturated heterocycles.